The second kappa shape index (κ2) is 3.69. The van der Waals surface area contributed by atoms with Crippen LogP contribution < -0.4 is 11.2 Å². The number of hydrogen-bond acceptors (Lipinski definition) is 4. The molecule has 0 saturated carbocycles. The average molecular weight is 319 g/mol. The predicted octanol–water partition coefficient (Wildman–Crippen LogP) is 0.768. The van der Waals surface area contributed by atoms with E-state index in [9.17, 15) is 0 Å². The molecule has 2 aromatic rings. The lowest BCUT2D eigenvalue weighted by Crippen LogP contribution is -2.32. The van der Waals surface area contributed by atoms with E-state index in [2.05, 4.69) is 0 Å². The normalized spacial score (nSPS) is 10.8. The SMILES string of the molecule is Nc1c(I)c(B(O)O)cc2sccc12. The molecule has 0 spiro atoms. The third-order valence-corrected chi connectivity index (χ3v) is 4.11. The summed E-state index contributed by atoms with van der Waals surface area (Å²) in [6.45, 7) is 0. The number of rotatable bonds is 1. The van der Waals surface area contributed by atoms with Crippen molar-refractivity contribution in [2.75, 3.05) is 5.73 Å². The van der Waals surface area contributed by atoms with Crippen LogP contribution in [0, 0.1) is 3.57 Å². The molecule has 6 heteroatoms. The maximum Gasteiger partial charge on any atom is 0.489 e. The van der Waals surface area contributed by atoms with Crippen molar-refractivity contribution in [2.24, 2.45) is 0 Å². The van der Waals surface area contributed by atoms with Crippen molar-refractivity contribution < 1.29 is 10.0 Å². The number of nitrogen functional groups attached to an aromatic ring is 1. The minimum absolute atomic E-state index is 0.470. The zero-order chi connectivity index (χ0) is 10.3. The second-order valence-electron chi connectivity index (χ2n) is 2.90. The summed E-state index contributed by atoms with van der Waals surface area (Å²) in [6, 6.07) is 3.70. The van der Waals surface area contributed by atoms with Gasteiger partial charge in [-0.15, -0.1) is 11.3 Å². The molecule has 0 radical (unpaired) electrons. The Hall–Kier alpha value is -0.305. The molecular formula is C8H7BINO2S. The first-order valence-electron chi connectivity index (χ1n) is 3.92. The highest BCUT2D eigenvalue weighted by atomic mass is 127. The topological polar surface area (TPSA) is 66.5 Å². The van der Waals surface area contributed by atoms with E-state index in [1.807, 2.05) is 34.0 Å². The van der Waals surface area contributed by atoms with Crippen molar-refractivity contribution in [1.29, 1.82) is 0 Å². The first-order valence-corrected chi connectivity index (χ1v) is 5.88. The number of fused-ring (bicyclic) bond motifs is 1. The van der Waals surface area contributed by atoms with Crippen LogP contribution in [0.15, 0.2) is 17.5 Å². The predicted molar refractivity (Wildman–Crippen MR) is 68.8 cm³/mol. The summed E-state index contributed by atoms with van der Waals surface area (Å²) < 4.78 is 1.69. The lowest BCUT2D eigenvalue weighted by molar-refractivity contribution is 0.425. The highest BCUT2D eigenvalue weighted by Crippen LogP contribution is 2.28. The minimum atomic E-state index is -1.46. The Bertz CT molecular complexity index is 485. The lowest BCUT2D eigenvalue weighted by atomic mass is 9.80. The van der Waals surface area contributed by atoms with Gasteiger partial charge in [-0.25, -0.2) is 0 Å². The fraction of sp³-hybridized carbons (Fsp3) is 0. The zero-order valence-electron chi connectivity index (χ0n) is 7.07. The molecule has 14 heavy (non-hydrogen) atoms. The van der Waals surface area contributed by atoms with Gasteiger partial charge in [-0.3, -0.25) is 0 Å². The number of nitrogens with two attached hydrogens (primary N) is 1. The third kappa shape index (κ3) is 1.52. The third-order valence-electron chi connectivity index (χ3n) is 2.04. The zero-order valence-corrected chi connectivity index (χ0v) is 10.0. The molecule has 1 aromatic heterocycles. The molecule has 0 fully saturated rings. The Kier molecular flexibility index (Phi) is 2.69. The molecule has 0 bridgehead atoms. The Morgan fingerprint density at radius 1 is 1.43 bits per heavy atom. The van der Waals surface area contributed by atoms with E-state index in [4.69, 9.17) is 15.8 Å². The monoisotopic (exact) mass is 319 g/mol. The van der Waals surface area contributed by atoms with Crippen molar-refractivity contribution in [1.82, 2.24) is 0 Å². The van der Waals surface area contributed by atoms with Crippen molar-refractivity contribution in [3.63, 3.8) is 0 Å². The number of halogens is 1. The minimum Gasteiger partial charge on any atom is -0.423 e. The van der Waals surface area contributed by atoms with Gasteiger partial charge in [0.05, 0.1) is 5.69 Å². The van der Waals surface area contributed by atoms with E-state index in [-0.39, 0.29) is 0 Å². The lowest BCUT2D eigenvalue weighted by Gasteiger charge is -2.07. The Morgan fingerprint density at radius 3 is 2.79 bits per heavy atom. The van der Waals surface area contributed by atoms with Gasteiger partial charge in [0, 0.05) is 13.7 Å². The van der Waals surface area contributed by atoms with Crippen molar-refractivity contribution in [3.05, 3.63) is 21.1 Å². The summed E-state index contributed by atoms with van der Waals surface area (Å²) in [6.07, 6.45) is 0. The largest absolute Gasteiger partial charge is 0.489 e. The van der Waals surface area contributed by atoms with Crippen LogP contribution in [-0.2, 0) is 0 Å². The molecule has 4 N–H and O–H groups in total. The summed E-state index contributed by atoms with van der Waals surface area (Å²) in [5.41, 5.74) is 6.97. The summed E-state index contributed by atoms with van der Waals surface area (Å²) >= 11 is 3.56. The van der Waals surface area contributed by atoms with Crippen LogP contribution in [0.25, 0.3) is 10.1 Å². The highest BCUT2D eigenvalue weighted by Gasteiger charge is 2.18. The van der Waals surface area contributed by atoms with E-state index < -0.39 is 7.12 Å². The molecule has 0 aliphatic carbocycles. The van der Waals surface area contributed by atoms with E-state index in [0.29, 0.717) is 14.7 Å². The second-order valence-corrected chi connectivity index (χ2v) is 4.93. The van der Waals surface area contributed by atoms with Gasteiger partial charge in [0.1, 0.15) is 0 Å². The molecule has 72 valence electrons. The van der Waals surface area contributed by atoms with Gasteiger partial charge < -0.3 is 15.8 Å². The van der Waals surface area contributed by atoms with Crippen LogP contribution in [-0.4, -0.2) is 17.2 Å². The molecule has 1 heterocycles. The standard InChI is InChI=1S/C8H7BINO2S/c10-7-5(9(12)13)3-6-4(8(7)11)1-2-14-6/h1-3,12-13H,11H2. The van der Waals surface area contributed by atoms with Gasteiger partial charge in [0.25, 0.3) is 0 Å². The van der Waals surface area contributed by atoms with Crippen LogP contribution in [0.3, 0.4) is 0 Å². The molecule has 1 aromatic carbocycles. The van der Waals surface area contributed by atoms with E-state index in [0.717, 1.165) is 10.1 Å². The number of anilines is 1. The number of benzene rings is 1. The summed E-state index contributed by atoms with van der Waals surface area (Å²) in [5, 5.41) is 21.2. The van der Waals surface area contributed by atoms with Crippen molar-refractivity contribution in [2.45, 2.75) is 0 Å². The maximum absolute atomic E-state index is 9.13. The van der Waals surface area contributed by atoms with Gasteiger partial charge >= 0.3 is 7.12 Å². The van der Waals surface area contributed by atoms with Crippen LogP contribution in [0.4, 0.5) is 5.69 Å². The van der Waals surface area contributed by atoms with Crippen LogP contribution in [0.2, 0.25) is 0 Å². The number of thiophene rings is 1. The van der Waals surface area contributed by atoms with Crippen molar-refractivity contribution in [3.8, 4) is 0 Å². The first kappa shape index (κ1) is 10.2. The quantitative estimate of drug-likeness (QED) is 0.413. The van der Waals surface area contributed by atoms with Gasteiger partial charge in [-0.1, -0.05) is 0 Å². The van der Waals surface area contributed by atoms with E-state index in [1.54, 1.807) is 6.07 Å². The van der Waals surface area contributed by atoms with Gasteiger partial charge in [-0.05, 0) is 45.6 Å². The van der Waals surface area contributed by atoms with Gasteiger partial charge in [0.2, 0.25) is 0 Å². The van der Waals surface area contributed by atoms with Gasteiger partial charge in [-0.2, -0.15) is 0 Å². The molecule has 0 amide bonds. The van der Waals surface area contributed by atoms with Crippen LogP contribution in [0.1, 0.15) is 0 Å². The molecule has 0 saturated heterocycles. The summed E-state index contributed by atoms with van der Waals surface area (Å²) in [5.74, 6) is 0. The Balaban J connectivity index is 2.80. The first-order chi connectivity index (χ1) is 6.61. The fourth-order valence-corrected chi connectivity index (χ4v) is 2.90. The number of hydrogen-bond donors (Lipinski definition) is 3. The van der Waals surface area contributed by atoms with Crippen LogP contribution in [0.5, 0.6) is 0 Å². The van der Waals surface area contributed by atoms with E-state index >= 15 is 0 Å². The average Bonchev–Trinajstić information content (AvgIpc) is 2.58. The molecule has 2 rings (SSSR count). The Morgan fingerprint density at radius 2 is 2.14 bits per heavy atom. The Labute approximate surface area is 98.8 Å². The summed E-state index contributed by atoms with van der Waals surface area (Å²) in [7, 11) is -1.46. The maximum atomic E-state index is 9.13. The highest BCUT2D eigenvalue weighted by molar-refractivity contribution is 14.1. The van der Waals surface area contributed by atoms with Gasteiger partial charge in [0.15, 0.2) is 0 Å². The molecule has 3 nitrogen and oxygen atoms in total. The molecule has 0 atom stereocenters. The summed E-state index contributed by atoms with van der Waals surface area (Å²) in [4.78, 5) is 0. The molecule has 0 aliphatic heterocycles. The molecule has 0 aliphatic rings. The fourth-order valence-electron chi connectivity index (χ4n) is 1.32. The molecular weight excluding hydrogens is 312 g/mol. The van der Waals surface area contributed by atoms with Crippen molar-refractivity contribution >= 4 is 62.3 Å². The smallest absolute Gasteiger partial charge is 0.423 e. The van der Waals surface area contributed by atoms with E-state index in [1.165, 1.54) is 11.3 Å². The molecule has 0 unspecified atom stereocenters. The van der Waals surface area contributed by atoms with Crippen LogP contribution >= 0.6 is 33.9 Å².